The zero-order chi connectivity index (χ0) is 15.4. The molecule has 3 nitrogen and oxygen atoms in total. The maximum atomic E-state index is 8.94. The second kappa shape index (κ2) is 6.79. The van der Waals surface area contributed by atoms with Gasteiger partial charge in [-0.25, -0.2) is 4.98 Å². The van der Waals surface area contributed by atoms with Crippen LogP contribution in [0.5, 0.6) is 0 Å². The number of hydrogen-bond acceptors (Lipinski definition) is 3. The lowest BCUT2D eigenvalue weighted by Gasteiger charge is -2.29. The average Bonchev–Trinajstić information content (AvgIpc) is 2.59. The Morgan fingerprint density at radius 3 is 2.73 bits per heavy atom. The highest BCUT2D eigenvalue weighted by Gasteiger charge is 2.17. The lowest BCUT2D eigenvalue weighted by molar-refractivity contribution is 0.572. The molecule has 0 amide bonds. The van der Waals surface area contributed by atoms with Crippen LogP contribution in [0.25, 0.3) is 10.9 Å². The van der Waals surface area contributed by atoms with Gasteiger partial charge in [0.05, 0.1) is 11.6 Å². The molecular weight excluding hydrogens is 270 g/mol. The van der Waals surface area contributed by atoms with Crippen molar-refractivity contribution in [3.63, 3.8) is 0 Å². The summed E-state index contributed by atoms with van der Waals surface area (Å²) in [5, 5.41) is 10.1. The number of nitriles is 1. The summed E-state index contributed by atoms with van der Waals surface area (Å²) in [6.07, 6.45) is 6.19. The SMILES string of the molecule is CCc1ccc2nc(N3CCCCC3)c(CCC#N)cc2c1. The molecule has 0 unspecified atom stereocenters. The van der Waals surface area contributed by atoms with E-state index in [4.69, 9.17) is 10.2 Å². The Hall–Kier alpha value is -2.08. The van der Waals surface area contributed by atoms with Gasteiger partial charge >= 0.3 is 0 Å². The predicted molar refractivity (Wildman–Crippen MR) is 91.1 cm³/mol. The summed E-state index contributed by atoms with van der Waals surface area (Å²) in [6, 6.07) is 11.1. The van der Waals surface area contributed by atoms with Crippen molar-refractivity contribution in [3.8, 4) is 6.07 Å². The fraction of sp³-hybridized carbons (Fsp3) is 0.474. The van der Waals surface area contributed by atoms with Gasteiger partial charge in [0, 0.05) is 24.9 Å². The smallest absolute Gasteiger partial charge is 0.132 e. The van der Waals surface area contributed by atoms with Crippen LogP contribution >= 0.6 is 0 Å². The van der Waals surface area contributed by atoms with Gasteiger partial charge in [0.2, 0.25) is 0 Å². The number of pyridine rings is 1. The summed E-state index contributed by atoms with van der Waals surface area (Å²) in [7, 11) is 0. The minimum atomic E-state index is 0.557. The first kappa shape index (κ1) is 14.8. The second-order valence-corrected chi connectivity index (χ2v) is 6.06. The minimum absolute atomic E-state index is 0.557. The van der Waals surface area contributed by atoms with E-state index in [1.54, 1.807) is 0 Å². The monoisotopic (exact) mass is 293 g/mol. The van der Waals surface area contributed by atoms with Gasteiger partial charge in [-0.15, -0.1) is 0 Å². The van der Waals surface area contributed by atoms with Crippen LogP contribution in [0.15, 0.2) is 24.3 Å². The number of aromatic nitrogens is 1. The molecule has 3 rings (SSSR count). The third kappa shape index (κ3) is 3.06. The van der Waals surface area contributed by atoms with Crippen LogP contribution in [-0.4, -0.2) is 18.1 Å². The zero-order valence-corrected chi connectivity index (χ0v) is 13.3. The van der Waals surface area contributed by atoms with Gasteiger partial charge in [-0.2, -0.15) is 5.26 Å². The van der Waals surface area contributed by atoms with Gasteiger partial charge in [-0.3, -0.25) is 0 Å². The fourth-order valence-corrected chi connectivity index (χ4v) is 3.23. The molecule has 1 aliphatic heterocycles. The van der Waals surface area contributed by atoms with Crippen molar-refractivity contribution in [1.29, 1.82) is 5.26 Å². The number of nitrogens with zero attached hydrogens (tertiary/aromatic N) is 3. The lowest BCUT2D eigenvalue weighted by atomic mass is 10.0. The molecule has 2 aromatic rings. The maximum Gasteiger partial charge on any atom is 0.132 e. The number of piperidine rings is 1. The van der Waals surface area contributed by atoms with Gasteiger partial charge in [-0.05, 0) is 61.4 Å². The second-order valence-electron chi connectivity index (χ2n) is 6.06. The Bertz CT molecular complexity index is 694. The molecule has 114 valence electrons. The number of aryl methyl sites for hydroxylation is 2. The highest BCUT2D eigenvalue weighted by molar-refractivity contribution is 5.82. The largest absolute Gasteiger partial charge is 0.356 e. The van der Waals surface area contributed by atoms with Crippen molar-refractivity contribution in [3.05, 3.63) is 35.4 Å². The predicted octanol–water partition coefficient (Wildman–Crippen LogP) is 4.24. The topological polar surface area (TPSA) is 39.9 Å². The van der Waals surface area contributed by atoms with Crippen molar-refractivity contribution >= 4 is 16.7 Å². The molecule has 1 aromatic heterocycles. The van der Waals surface area contributed by atoms with Crippen LogP contribution in [0.2, 0.25) is 0 Å². The van der Waals surface area contributed by atoms with Crippen LogP contribution in [0, 0.1) is 11.3 Å². The number of fused-ring (bicyclic) bond motifs is 1. The molecule has 0 atom stereocenters. The van der Waals surface area contributed by atoms with Gasteiger partial charge < -0.3 is 4.90 Å². The van der Waals surface area contributed by atoms with Crippen molar-refractivity contribution in [1.82, 2.24) is 4.98 Å². The van der Waals surface area contributed by atoms with Crippen LogP contribution in [0.3, 0.4) is 0 Å². The van der Waals surface area contributed by atoms with E-state index in [-0.39, 0.29) is 0 Å². The molecule has 1 aromatic carbocycles. The molecule has 1 fully saturated rings. The Labute approximate surface area is 132 Å². The normalized spacial score (nSPS) is 15.0. The van der Waals surface area contributed by atoms with E-state index < -0.39 is 0 Å². The molecule has 2 heterocycles. The number of anilines is 1. The Kier molecular flexibility index (Phi) is 4.58. The number of hydrogen-bond donors (Lipinski definition) is 0. The fourth-order valence-electron chi connectivity index (χ4n) is 3.23. The van der Waals surface area contributed by atoms with Gasteiger partial charge in [0.15, 0.2) is 0 Å². The van der Waals surface area contributed by atoms with Crippen molar-refractivity contribution in [2.45, 2.75) is 45.4 Å². The first-order chi connectivity index (χ1) is 10.8. The number of rotatable bonds is 4. The molecule has 22 heavy (non-hydrogen) atoms. The maximum absolute atomic E-state index is 8.94. The molecule has 0 bridgehead atoms. The van der Waals surface area contributed by atoms with Crippen LogP contribution in [0.4, 0.5) is 5.82 Å². The highest BCUT2D eigenvalue weighted by Crippen LogP contribution is 2.27. The third-order valence-electron chi connectivity index (χ3n) is 4.51. The summed E-state index contributed by atoms with van der Waals surface area (Å²) < 4.78 is 0. The quantitative estimate of drug-likeness (QED) is 0.846. The zero-order valence-electron chi connectivity index (χ0n) is 13.3. The van der Waals surface area contributed by atoms with Gasteiger partial charge in [0.25, 0.3) is 0 Å². The molecular formula is C19H23N3. The van der Waals surface area contributed by atoms with E-state index in [2.05, 4.69) is 42.2 Å². The summed E-state index contributed by atoms with van der Waals surface area (Å²) in [5.41, 5.74) is 3.63. The molecule has 0 saturated carbocycles. The summed E-state index contributed by atoms with van der Waals surface area (Å²) in [4.78, 5) is 7.35. The summed E-state index contributed by atoms with van der Waals surface area (Å²) >= 11 is 0. The number of benzene rings is 1. The van der Waals surface area contributed by atoms with Crippen molar-refractivity contribution < 1.29 is 0 Å². The first-order valence-corrected chi connectivity index (χ1v) is 8.36. The van der Waals surface area contributed by atoms with E-state index in [1.807, 2.05) is 0 Å². The van der Waals surface area contributed by atoms with Gasteiger partial charge in [0.1, 0.15) is 5.82 Å². The van der Waals surface area contributed by atoms with Crippen LogP contribution in [0.1, 0.15) is 43.7 Å². The van der Waals surface area contributed by atoms with Crippen molar-refractivity contribution in [2.75, 3.05) is 18.0 Å². The molecule has 3 heteroatoms. The Morgan fingerprint density at radius 2 is 2.00 bits per heavy atom. The first-order valence-electron chi connectivity index (χ1n) is 8.36. The van der Waals surface area contributed by atoms with E-state index in [0.717, 1.165) is 37.3 Å². The molecule has 1 saturated heterocycles. The van der Waals surface area contributed by atoms with E-state index in [9.17, 15) is 0 Å². The summed E-state index contributed by atoms with van der Waals surface area (Å²) in [6.45, 7) is 4.35. The molecule has 0 spiro atoms. The van der Waals surface area contributed by atoms with E-state index in [0.29, 0.717) is 6.42 Å². The Morgan fingerprint density at radius 1 is 1.18 bits per heavy atom. The highest BCUT2D eigenvalue weighted by atomic mass is 15.2. The molecule has 1 aliphatic rings. The summed E-state index contributed by atoms with van der Waals surface area (Å²) in [5.74, 6) is 1.10. The minimum Gasteiger partial charge on any atom is -0.356 e. The Balaban J connectivity index is 2.05. The standard InChI is InChI=1S/C19H23N3/c1-2-15-8-9-18-17(13-15)14-16(7-6-10-20)19(21-18)22-11-4-3-5-12-22/h8-9,13-14H,2-7,11-12H2,1H3. The lowest BCUT2D eigenvalue weighted by Crippen LogP contribution is -2.31. The van der Waals surface area contributed by atoms with Crippen LogP contribution < -0.4 is 4.90 Å². The van der Waals surface area contributed by atoms with Crippen LogP contribution in [-0.2, 0) is 12.8 Å². The molecule has 0 radical (unpaired) electrons. The molecule has 0 N–H and O–H groups in total. The van der Waals surface area contributed by atoms with E-state index >= 15 is 0 Å². The average molecular weight is 293 g/mol. The molecule has 0 aliphatic carbocycles. The van der Waals surface area contributed by atoms with Gasteiger partial charge in [-0.1, -0.05) is 13.0 Å². The third-order valence-corrected chi connectivity index (χ3v) is 4.51. The van der Waals surface area contributed by atoms with Crippen molar-refractivity contribution in [2.24, 2.45) is 0 Å². The van der Waals surface area contributed by atoms with E-state index in [1.165, 1.54) is 35.8 Å².